The summed E-state index contributed by atoms with van der Waals surface area (Å²) in [6, 6.07) is 19.5. The van der Waals surface area contributed by atoms with E-state index in [9.17, 15) is 24.0 Å². The molecule has 0 atom stereocenters. The van der Waals surface area contributed by atoms with Gasteiger partial charge in [0.2, 0.25) is 0 Å². The van der Waals surface area contributed by atoms with Gasteiger partial charge >= 0.3 is 18.0 Å². The molecule has 344 valence electrons. The average molecular weight is 869 g/mol. The number of piperidine rings is 2. The number of rotatable bonds is 18. The number of fused-ring (bicyclic) bond motifs is 2. The van der Waals surface area contributed by atoms with Gasteiger partial charge in [-0.3, -0.25) is 28.3 Å². The highest BCUT2D eigenvalue weighted by Crippen LogP contribution is 2.29. The van der Waals surface area contributed by atoms with E-state index in [2.05, 4.69) is 19.2 Å². The van der Waals surface area contributed by atoms with Crippen LogP contribution < -0.4 is 16.4 Å². The van der Waals surface area contributed by atoms with Gasteiger partial charge in [-0.05, 0) is 119 Å². The summed E-state index contributed by atoms with van der Waals surface area (Å²) in [5.74, 6) is -0.196. The second-order valence-corrected chi connectivity index (χ2v) is 18.2. The average Bonchev–Trinajstić information content (AvgIpc) is 3.28. The fourth-order valence-electron chi connectivity index (χ4n) is 8.54. The summed E-state index contributed by atoms with van der Waals surface area (Å²) < 4.78 is 19.7. The number of carbonyl (C=O) groups excluding carboxylic acids is 3. The molecule has 12 nitrogen and oxygen atoms in total. The first kappa shape index (κ1) is 49.1. The van der Waals surface area contributed by atoms with E-state index < -0.39 is 5.60 Å². The first-order chi connectivity index (χ1) is 30.4. The highest BCUT2D eigenvalue weighted by atomic mass is 16.6. The van der Waals surface area contributed by atoms with Crippen molar-refractivity contribution in [1.82, 2.24) is 19.4 Å². The standard InChI is InChI=1S/C28H40N2O5.C23H32N2O3/c1-5-6-7-8-9-14-25(31)34-20-30-24-13-11-10-12-22(24)19-23(26(30)32)21-15-17-29(18-16-21)27(33)35-28(2,3)4;1-2-3-4-5-6-11-22(26)28-17-25-21-10-8-7-9-19(21)16-20(23(25)27)18-12-14-24-15-13-18/h10-13,19,21H,5-9,14-18,20H2,1-4H3;7-10,16,18,24H,2-6,11-15,17H2,1H3. The molecular weight excluding hydrogens is 797 g/mol. The van der Waals surface area contributed by atoms with Gasteiger partial charge in [-0.15, -0.1) is 0 Å². The Hall–Kier alpha value is -4.97. The van der Waals surface area contributed by atoms with Crippen LogP contribution in [-0.2, 0) is 37.3 Å². The topological polar surface area (TPSA) is 138 Å². The second-order valence-electron chi connectivity index (χ2n) is 18.2. The van der Waals surface area contributed by atoms with E-state index in [0.717, 1.165) is 98.2 Å². The lowest BCUT2D eigenvalue weighted by Crippen LogP contribution is -2.42. The monoisotopic (exact) mass is 869 g/mol. The van der Waals surface area contributed by atoms with Crippen molar-refractivity contribution >= 4 is 39.8 Å². The van der Waals surface area contributed by atoms with E-state index in [4.69, 9.17) is 14.2 Å². The summed E-state index contributed by atoms with van der Waals surface area (Å²) in [6.45, 7) is 12.8. The maximum absolute atomic E-state index is 13.5. The molecule has 0 radical (unpaired) electrons. The molecule has 2 aromatic carbocycles. The van der Waals surface area contributed by atoms with E-state index in [-0.39, 0.29) is 54.4 Å². The summed E-state index contributed by atoms with van der Waals surface area (Å²) in [5, 5.41) is 5.31. The Morgan fingerprint density at radius 1 is 0.619 bits per heavy atom. The molecule has 63 heavy (non-hydrogen) atoms. The zero-order chi connectivity index (χ0) is 45.2. The molecule has 0 aliphatic carbocycles. The number of nitrogens with one attached hydrogen (secondary N) is 1. The number of amides is 1. The third-order valence-corrected chi connectivity index (χ3v) is 12.1. The predicted molar refractivity (Wildman–Crippen MR) is 250 cm³/mol. The van der Waals surface area contributed by atoms with E-state index in [1.165, 1.54) is 19.3 Å². The summed E-state index contributed by atoms with van der Waals surface area (Å²) in [6.07, 6.45) is 14.5. The van der Waals surface area contributed by atoms with Gasteiger partial charge in [-0.1, -0.05) is 102 Å². The number of benzene rings is 2. The smallest absolute Gasteiger partial charge is 0.410 e. The second kappa shape index (κ2) is 24.8. The molecule has 2 saturated heterocycles. The largest absolute Gasteiger partial charge is 0.444 e. The van der Waals surface area contributed by atoms with Gasteiger partial charge in [-0.25, -0.2) is 4.79 Å². The molecule has 0 saturated carbocycles. The molecular formula is C51H72N4O8. The van der Waals surface area contributed by atoms with Crippen molar-refractivity contribution in [2.75, 3.05) is 26.2 Å². The quantitative estimate of drug-likeness (QED) is 0.0588. The number of esters is 2. The highest BCUT2D eigenvalue weighted by Gasteiger charge is 2.29. The van der Waals surface area contributed by atoms with Gasteiger partial charge in [0, 0.05) is 37.1 Å². The van der Waals surface area contributed by atoms with Crippen LogP contribution in [0.25, 0.3) is 21.8 Å². The van der Waals surface area contributed by atoms with Crippen LogP contribution in [0.4, 0.5) is 4.79 Å². The van der Waals surface area contributed by atoms with Crippen LogP contribution in [0.15, 0.2) is 70.3 Å². The summed E-state index contributed by atoms with van der Waals surface area (Å²) in [4.78, 5) is 65.2. The number of para-hydroxylation sites is 2. The number of aromatic nitrogens is 2. The van der Waals surface area contributed by atoms with Gasteiger partial charge < -0.3 is 24.4 Å². The lowest BCUT2D eigenvalue weighted by Gasteiger charge is -2.33. The molecule has 12 heteroatoms. The Bertz CT molecular complexity index is 2210. The van der Waals surface area contributed by atoms with Crippen molar-refractivity contribution in [2.24, 2.45) is 0 Å². The Morgan fingerprint density at radius 2 is 1.05 bits per heavy atom. The lowest BCUT2D eigenvalue weighted by molar-refractivity contribution is -0.148. The highest BCUT2D eigenvalue weighted by molar-refractivity contribution is 5.81. The van der Waals surface area contributed by atoms with Gasteiger partial charge in [0.15, 0.2) is 13.5 Å². The van der Waals surface area contributed by atoms with Crippen molar-refractivity contribution in [3.8, 4) is 0 Å². The fourth-order valence-corrected chi connectivity index (χ4v) is 8.54. The predicted octanol–water partition coefficient (Wildman–Crippen LogP) is 10.3. The summed E-state index contributed by atoms with van der Waals surface area (Å²) >= 11 is 0. The maximum atomic E-state index is 13.5. The van der Waals surface area contributed by atoms with E-state index in [1.54, 1.807) is 14.0 Å². The zero-order valence-corrected chi connectivity index (χ0v) is 38.6. The number of likely N-dealkylation sites (tertiary alicyclic amines) is 1. The van der Waals surface area contributed by atoms with Crippen molar-refractivity contribution in [3.05, 3.63) is 92.5 Å². The molecule has 4 heterocycles. The Labute approximate surface area is 373 Å². The van der Waals surface area contributed by atoms with Gasteiger partial charge in [-0.2, -0.15) is 0 Å². The van der Waals surface area contributed by atoms with Gasteiger partial charge in [0.25, 0.3) is 11.1 Å². The fraction of sp³-hybridized carbons (Fsp3) is 0.588. The van der Waals surface area contributed by atoms with E-state index in [1.807, 2.05) is 81.4 Å². The molecule has 1 N–H and O–H groups in total. The number of ether oxygens (including phenoxy) is 3. The first-order valence-corrected chi connectivity index (χ1v) is 23.6. The molecule has 4 aromatic rings. The Morgan fingerprint density at radius 3 is 1.49 bits per heavy atom. The SMILES string of the molecule is CCCCCCCC(=O)OCn1c(=O)c(C2CCN(C(=O)OC(C)(C)C)CC2)cc2ccccc21.CCCCCCCC(=O)OCn1c(=O)c(C2CCNCC2)cc2ccccc21. The van der Waals surface area contributed by atoms with Crippen LogP contribution in [0.5, 0.6) is 0 Å². The molecule has 0 bridgehead atoms. The minimum atomic E-state index is -0.535. The minimum Gasteiger partial charge on any atom is -0.444 e. The first-order valence-electron chi connectivity index (χ1n) is 23.6. The van der Waals surface area contributed by atoms with Crippen LogP contribution in [-0.4, -0.2) is 63.8 Å². The van der Waals surface area contributed by atoms with Crippen molar-refractivity contribution < 1.29 is 28.6 Å². The van der Waals surface area contributed by atoms with Crippen LogP contribution in [0.2, 0.25) is 0 Å². The zero-order valence-electron chi connectivity index (χ0n) is 38.6. The van der Waals surface area contributed by atoms with Crippen LogP contribution in [0.1, 0.15) is 160 Å². The van der Waals surface area contributed by atoms with Crippen molar-refractivity contribution in [2.45, 2.75) is 168 Å². The van der Waals surface area contributed by atoms with Crippen LogP contribution in [0.3, 0.4) is 0 Å². The number of pyridine rings is 2. The number of nitrogens with zero attached hydrogens (tertiary/aromatic N) is 3. The normalized spacial score (nSPS) is 14.9. The van der Waals surface area contributed by atoms with Crippen molar-refractivity contribution in [1.29, 1.82) is 0 Å². The van der Waals surface area contributed by atoms with Crippen LogP contribution in [0, 0.1) is 0 Å². The minimum absolute atomic E-state index is 0.00799. The molecule has 2 aromatic heterocycles. The van der Waals surface area contributed by atoms with Crippen molar-refractivity contribution in [3.63, 3.8) is 0 Å². The molecule has 2 aliphatic heterocycles. The summed E-state index contributed by atoms with van der Waals surface area (Å²) in [5.41, 5.74) is 2.44. The van der Waals surface area contributed by atoms with E-state index in [0.29, 0.717) is 44.3 Å². The number of carbonyl (C=O) groups is 3. The Kier molecular flexibility index (Phi) is 19.3. The third-order valence-electron chi connectivity index (χ3n) is 12.1. The van der Waals surface area contributed by atoms with Crippen LogP contribution >= 0.6 is 0 Å². The lowest BCUT2D eigenvalue weighted by atomic mass is 9.89. The molecule has 6 rings (SSSR count). The van der Waals surface area contributed by atoms with Gasteiger partial charge in [0.1, 0.15) is 5.60 Å². The molecule has 2 aliphatic rings. The van der Waals surface area contributed by atoms with Gasteiger partial charge in [0.05, 0.1) is 11.0 Å². The maximum Gasteiger partial charge on any atom is 0.410 e. The Balaban J connectivity index is 0.000000243. The number of unbranched alkanes of at least 4 members (excludes halogenated alkanes) is 8. The molecule has 0 spiro atoms. The molecule has 1 amide bonds. The summed E-state index contributed by atoms with van der Waals surface area (Å²) in [7, 11) is 0. The number of hydrogen-bond donors (Lipinski definition) is 1. The number of hydrogen-bond acceptors (Lipinski definition) is 9. The van der Waals surface area contributed by atoms with E-state index >= 15 is 0 Å². The molecule has 0 unspecified atom stereocenters. The molecule has 2 fully saturated rings. The third kappa shape index (κ3) is 14.8.